The molecule has 2 heterocycles. The first kappa shape index (κ1) is 38.6. The van der Waals surface area contributed by atoms with Gasteiger partial charge in [-0.25, -0.2) is 8.78 Å². The predicted octanol–water partition coefficient (Wildman–Crippen LogP) is 2.65. The van der Waals surface area contributed by atoms with Crippen molar-refractivity contribution in [3.63, 3.8) is 0 Å². The van der Waals surface area contributed by atoms with Gasteiger partial charge in [0.05, 0.1) is 12.1 Å². The number of carbonyl (C=O) groups excluding carboxylic acids is 5. The van der Waals surface area contributed by atoms with E-state index in [1.54, 1.807) is 12.3 Å². The molecule has 4 rings (SSSR count). The highest BCUT2D eigenvalue weighted by Crippen LogP contribution is 2.41. The van der Waals surface area contributed by atoms with Crippen LogP contribution in [0.4, 0.5) is 8.78 Å². The summed E-state index contributed by atoms with van der Waals surface area (Å²) in [5, 5.41) is 15.3. The normalized spacial score (nSPS) is 14.1. The molecule has 3 aromatic rings. The van der Waals surface area contributed by atoms with Crippen molar-refractivity contribution >= 4 is 29.5 Å². The number of imide groups is 1. The highest BCUT2D eigenvalue weighted by molar-refractivity contribution is 6.14. The van der Waals surface area contributed by atoms with Gasteiger partial charge in [0.2, 0.25) is 17.7 Å². The maximum atomic E-state index is 15.0. The summed E-state index contributed by atoms with van der Waals surface area (Å²) in [6.45, 7) is 5.24. The van der Waals surface area contributed by atoms with Gasteiger partial charge in [0.1, 0.15) is 24.8 Å². The average Bonchev–Trinajstić information content (AvgIpc) is 3.64. The Bertz CT molecular complexity index is 1750. The highest BCUT2D eigenvalue weighted by atomic mass is 19.1. The molecule has 1 aliphatic heterocycles. The Balaban J connectivity index is 1.46. The number of hydrogen-bond acceptors (Lipinski definition) is 7. The molecule has 0 saturated heterocycles. The van der Waals surface area contributed by atoms with Gasteiger partial charge in [-0.05, 0) is 48.1 Å². The van der Waals surface area contributed by atoms with Crippen molar-refractivity contribution in [1.29, 1.82) is 0 Å². The average molecular weight is 707 g/mol. The van der Waals surface area contributed by atoms with Crippen LogP contribution in [-0.4, -0.2) is 87.8 Å². The maximum Gasteiger partial charge on any atom is 0.254 e. The number of hydrogen-bond donors (Lipinski definition) is 4. The zero-order valence-electron chi connectivity index (χ0n) is 28.9. The number of rotatable bonds is 16. The molecule has 5 N–H and O–H groups in total. The molecule has 2 aromatic carbocycles. The third-order valence-corrected chi connectivity index (χ3v) is 8.43. The molecule has 0 aliphatic carbocycles. The number of benzene rings is 2. The van der Waals surface area contributed by atoms with Gasteiger partial charge >= 0.3 is 0 Å². The second-order valence-electron chi connectivity index (χ2n) is 13.4. The van der Waals surface area contributed by atoms with E-state index in [-0.39, 0.29) is 31.6 Å². The SMILES string of the molecule is CC(C)(C)C(c1cc(-c2cc(F)ccc2F)cn1Cc1ccccc1)N(CCC(N)C(=O)NCCCNC(=O)CN1C(=O)C=CC1=O)C(=O)CO. The second kappa shape index (κ2) is 17.1. The van der Waals surface area contributed by atoms with E-state index >= 15 is 0 Å². The first-order chi connectivity index (χ1) is 24.2. The second-order valence-corrected chi connectivity index (χ2v) is 13.4. The van der Waals surface area contributed by atoms with Crippen LogP contribution in [0, 0.1) is 17.0 Å². The van der Waals surface area contributed by atoms with Crippen LogP contribution in [0.15, 0.2) is 72.9 Å². The summed E-state index contributed by atoms with van der Waals surface area (Å²) in [4.78, 5) is 63.9. The van der Waals surface area contributed by atoms with E-state index in [1.165, 1.54) is 4.90 Å². The van der Waals surface area contributed by atoms with Gasteiger partial charge in [-0.15, -0.1) is 0 Å². The van der Waals surface area contributed by atoms with Crippen LogP contribution >= 0.6 is 0 Å². The molecular weight excluding hydrogens is 662 g/mol. The Morgan fingerprint density at radius 3 is 2.27 bits per heavy atom. The van der Waals surface area contributed by atoms with E-state index in [1.807, 2.05) is 55.7 Å². The van der Waals surface area contributed by atoms with Crippen molar-refractivity contribution < 1.29 is 37.9 Å². The minimum atomic E-state index is -1.03. The summed E-state index contributed by atoms with van der Waals surface area (Å²) in [5.41, 5.74) is 7.61. The summed E-state index contributed by atoms with van der Waals surface area (Å²) in [6, 6.07) is 12.7. The van der Waals surface area contributed by atoms with Gasteiger partial charge in [-0.1, -0.05) is 51.1 Å². The van der Waals surface area contributed by atoms with E-state index in [0.29, 0.717) is 24.2 Å². The van der Waals surface area contributed by atoms with Crippen LogP contribution in [-0.2, 0) is 30.5 Å². The topological polar surface area (TPSA) is 167 Å². The van der Waals surface area contributed by atoms with Crippen LogP contribution in [0.25, 0.3) is 11.1 Å². The number of aliphatic hydroxyl groups is 1. The monoisotopic (exact) mass is 706 g/mol. The quantitative estimate of drug-likeness (QED) is 0.131. The van der Waals surface area contributed by atoms with Gasteiger partial charge in [0, 0.05) is 61.3 Å². The number of nitrogens with one attached hydrogen (secondary N) is 2. The van der Waals surface area contributed by atoms with Crippen LogP contribution in [0.2, 0.25) is 0 Å². The van der Waals surface area contributed by atoms with E-state index < -0.39 is 71.8 Å². The Kier molecular flexibility index (Phi) is 13.0. The Labute approximate surface area is 295 Å². The lowest BCUT2D eigenvalue weighted by atomic mass is 9.82. The minimum Gasteiger partial charge on any atom is -0.387 e. The molecule has 0 radical (unpaired) electrons. The number of aliphatic hydroxyl groups excluding tert-OH is 1. The summed E-state index contributed by atoms with van der Waals surface area (Å²) >= 11 is 0. The fraction of sp³-hybridized carbons (Fsp3) is 0.378. The van der Waals surface area contributed by atoms with Crippen molar-refractivity contribution in [3.05, 3.63) is 95.8 Å². The number of carbonyl (C=O) groups is 5. The fourth-order valence-corrected chi connectivity index (χ4v) is 5.96. The van der Waals surface area contributed by atoms with Crippen LogP contribution in [0.1, 0.15) is 50.9 Å². The zero-order chi connectivity index (χ0) is 37.3. The lowest BCUT2D eigenvalue weighted by Crippen LogP contribution is -2.47. The molecule has 0 spiro atoms. The number of amides is 5. The van der Waals surface area contributed by atoms with E-state index in [2.05, 4.69) is 10.6 Å². The fourth-order valence-electron chi connectivity index (χ4n) is 5.96. The molecule has 51 heavy (non-hydrogen) atoms. The molecule has 2 atom stereocenters. The van der Waals surface area contributed by atoms with Crippen LogP contribution in [0.5, 0.6) is 0 Å². The molecule has 1 aliphatic rings. The van der Waals surface area contributed by atoms with E-state index in [9.17, 15) is 37.9 Å². The molecule has 1 aromatic heterocycles. The molecular formula is C37H44F2N6O6. The lowest BCUT2D eigenvalue weighted by Gasteiger charge is -2.41. The number of halogens is 2. The third-order valence-electron chi connectivity index (χ3n) is 8.43. The molecule has 0 saturated carbocycles. The Morgan fingerprint density at radius 2 is 1.63 bits per heavy atom. The Hall–Kier alpha value is -5.21. The highest BCUT2D eigenvalue weighted by Gasteiger charge is 2.37. The number of nitrogens with zero attached hydrogens (tertiary/aromatic N) is 3. The maximum absolute atomic E-state index is 15.0. The molecule has 2 unspecified atom stereocenters. The summed E-state index contributed by atoms with van der Waals surface area (Å²) in [5.74, 6) is -3.94. The van der Waals surface area contributed by atoms with E-state index in [4.69, 9.17) is 5.73 Å². The molecule has 5 amide bonds. The Morgan fingerprint density at radius 1 is 0.961 bits per heavy atom. The summed E-state index contributed by atoms with van der Waals surface area (Å²) in [6.07, 6.45) is 4.28. The minimum absolute atomic E-state index is 0.00501. The third kappa shape index (κ3) is 10.2. The van der Waals surface area contributed by atoms with Crippen molar-refractivity contribution in [2.45, 2.75) is 52.2 Å². The predicted molar refractivity (Wildman–Crippen MR) is 185 cm³/mol. The molecule has 12 nitrogen and oxygen atoms in total. The first-order valence-electron chi connectivity index (χ1n) is 16.6. The number of nitrogens with two attached hydrogens (primary N) is 1. The van der Waals surface area contributed by atoms with Gasteiger partial charge in [0.15, 0.2) is 0 Å². The number of aromatic nitrogens is 1. The summed E-state index contributed by atoms with van der Waals surface area (Å²) in [7, 11) is 0. The van der Waals surface area contributed by atoms with Crippen molar-refractivity contribution in [3.8, 4) is 11.1 Å². The molecule has 272 valence electrons. The van der Waals surface area contributed by atoms with Gasteiger partial charge < -0.3 is 30.9 Å². The lowest BCUT2D eigenvalue weighted by molar-refractivity contribution is -0.141. The summed E-state index contributed by atoms with van der Waals surface area (Å²) < 4.78 is 31.1. The van der Waals surface area contributed by atoms with Gasteiger partial charge in [-0.2, -0.15) is 0 Å². The zero-order valence-corrected chi connectivity index (χ0v) is 28.9. The smallest absolute Gasteiger partial charge is 0.254 e. The molecule has 14 heteroatoms. The first-order valence-corrected chi connectivity index (χ1v) is 16.6. The van der Waals surface area contributed by atoms with Crippen molar-refractivity contribution in [2.24, 2.45) is 11.1 Å². The van der Waals surface area contributed by atoms with E-state index in [0.717, 1.165) is 40.8 Å². The van der Waals surface area contributed by atoms with Crippen LogP contribution in [0.3, 0.4) is 0 Å². The van der Waals surface area contributed by atoms with Crippen molar-refractivity contribution in [1.82, 2.24) is 25.0 Å². The molecule has 0 fully saturated rings. The molecule has 0 bridgehead atoms. The van der Waals surface area contributed by atoms with Gasteiger partial charge in [0.25, 0.3) is 11.8 Å². The standard InChI is InChI=1S/C37H44F2N6O6/c1-37(2,3)35(30-18-25(27-19-26(38)10-11-28(27)39)21-43(30)20-24-8-5-4-6-9-24)44(34(50)23-46)17-14-29(40)36(51)42-16-7-15-41-31(47)22-45-32(48)12-13-33(45)49/h4-6,8-13,18-19,21,29,35,46H,7,14-17,20,22-23,40H2,1-3H3,(H,41,47)(H,42,51). The van der Waals surface area contributed by atoms with Crippen LogP contribution < -0.4 is 16.4 Å². The largest absolute Gasteiger partial charge is 0.387 e. The van der Waals surface area contributed by atoms with Crippen molar-refractivity contribution in [2.75, 3.05) is 32.8 Å². The van der Waals surface area contributed by atoms with Gasteiger partial charge in [-0.3, -0.25) is 28.9 Å².